The third-order valence-electron chi connectivity index (χ3n) is 4.16. The molecule has 0 aliphatic heterocycles. The molecule has 23 heavy (non-hydrogen) atoms. The SMILES string of the molecule is CC(=O)OC(C(=O)C1CCCCC1)c1ccc(S(C)(=O)=O)cc1. The molecule has 1 unspecified atom stereocenters. The third-order valence-corrected chi connectivity index (χ3v) is 5.29. The lowest BCUT2D eigenvalue weighted by Gasteiger charge is -2.25. The molecule has 1 saturated carbocycles. The smallest absolute Gasteiger partial charge is 0.303 e. The van der Waals surface area contributed by atoms with Gasteiger partial charge in [0.05, 0.1) is 4.90 Å². The monoisotopic (exact) mass is 338 g/mol. The standard InChI is InChI=1S/C17H22O5S/c1-12(18)22-17(16(19)13-6-4-3-5-7-13)14-8-10-15(11-9-14)23(2,20)21/h8-11,13,17H,3-7H2,1-2H3. The number of ether oxygens (including phenoxy) is 1. The average Bonchev–Trinajstić information content (AvgIpc) is 2.52. The van der Waals surface area contributed by atoms with Gasteiger partial charge in [0.2, 0.25) is 0 Å². The van der Waals surface area contributed by atoms with E-state index in [4.69, 9.17) is 4.74 Å². The largest absolute Gasteiger partial charge is 0.450 e. The van der Waals surface area contributed by atoms with Crippen molar-refractivity contribution in [2.24, 2.45) is 5.92 Å². The van der Waals surface area contributed by atoms with Gasteiger partial charge in [-0.05, 0) is 25.0 Å². The topological polar surface area (TPSA) is 77.5 Å². The summed E-state index contributed by atoms with van der Waals surface area (Å²) in [7, 11) is -3.30. The van der Waals surface area contributed by atoms with Crippen molar-refractivity contribution >= 4 is 21.6 Å². The van der Waals surface area contributed by atoms with Crippen molar-refractivity contribution in [3.8, 4) is 0 Å². The van der Waals surface area contributed by atoms with Crippen LogP contribution >= 0.6 is 0 Å². The number of rotatable bonds is 5. The van der Waals surface area contributed by atoms with Gasteiger partial charge in [-0.3, -0.25) is 9.59 Å². The molecular formula is C17H22O5S. The van der Waals surface area contributed by atoms with Crippen molar-refractivity contribution in [1.29, 1.82) is 0 Å². The van der Waals surface area contributed by atoms with Crippen LogP contribution in [0.3, 0.4) is 0 Å². The highest BCUT2D eigenvalue weighted by atomic mass is 32.2. The Labute approximate surface area is 137 Å². The molecular weight excluding hydrogens is 316 g/mol. The molecule has 0 aromatic heterocycles. The van der Waals surface area contributed by atoms with Gasteiger partial charge in [0, 0.05) is 24.7 Å². The van der Waals surface area contributed by atoms with Crippen molar-refractivity contribution in [1.82, 2.24) is 0 Å². The van der Waals surface area contributed by atoms with E-state index in [0.29, 0.717) is 5.56 Å². The maximum atomic E-state index is 12.7. The van der Waals surface area contributed by atoms with Crippen LogP contribution < -0.4 is 0 Å². The van der Waals surface area contributed by atoms with Crippen molar-refractivity contribution < 1.29 is 22.7 Å². The molecule has 0 radical (unpaired) electrons. The Balaban J connectivity index is 2.27. The van der Waals surface area contributed by atoms with E-state index in [9.17, 15) is 18.0 Å². The first-order chi connectivity index (χ1) is 10.8. The molecule has 0 N–H and O–H groups in total. The Bertz CT molecular complexity index is 669. The second-order valence-electron chi connectivity index (χ2n) is 6.07. The summed E-state index contributed by atoms with van der Waals surface area (Å²) in [6, 6.07) is 5.97. The molecule has 0 heterocycles. The van der Waals surface area contributed by atoms with E-state index < -0.39 is 21.9 Å². The number of esters is 1. The molecule has 0 saturated heterocycles. The van der Waals surface area contributed by atoms with Gasteiger partial charge in [0.25, 0.3) is 0 Å². The van der Waals surface area contributed by atoms with Crippen LogP contribution in [0.15, 0.2) is 29.2 Å². The van der Waals surface area contributed by atoms with Gasteiger partial charge in [-0.2, -0.15) is 0 Å². The molecule has 1 aromatic carbocycles. The summed E-state index contributed by atoms with van der Waals surface area (Å²) in [5.74, 6) is -0.707. The van der Waals surface area contributed by atoms with Crippen LogP contribution in [0.5, 0.6) is 0 Å². The maximum absolute atomic E-state index is 12.7. The zero-order valence-electron chi connectivity index (χ0n) is 13.4. The van der Waals surface area contributed by atoms with E-state index in [1.807, 2.05) is 0 Å². The normalized spacial score (nSPS) is 17.5. The highest BCUT2D eigenvalue weighted by Gasteiger charge is 2.31. The highest BCUT2D eigenvalue weighted by molar-refractivity contribution is 7.90. The van der Waals surface area contributed by atoms with Crippen molar-refractivity contribution in [2.45, 2.75) is 50.0 Å². The lowest BCUT2D eigenvalue weighted by molar-refractivity contribution is -0.155. The first kappa shape index (κ1) is 17.7. The first-order valence-corrected chi connectivity index (χ1v) is 9.69. The first-order valence-electron chi connectivity index (χ1n) is 7.80. The summed E-state index contributed by atoms with van der Waals surface area (Å²) in [5, 5.41) is 0. The van der Waals surface area contributed by atoms with Gasteiger partial charge in [-0.1, -0.05) is 31.4 Å². The van der Waals surface area contributed by atoms with Crippen LogP contribution in [0.4, 0.5) is 0 Å². The zero-order chi connectivity index (χ0) is 17.0. The molecule has 1 fully saturated rings. The average molecular weight is 338 g/mol. The second-order valence-corrected chi connectivity index (χ2v) is 8.08. The lowest BCUT2D eigenvalue weighted by Crippen LogP contribution is -2.27. The van der Waals surface area contributed by atoms with Crippen LogP contribution in [-0.2, 0) is 24.2 Å². The number of Topliss-reactive ketones (excluding diaryl/α,β-unsaturated/α-hetero) is 1. The Hall–Kier alpha value is -1.69. The summed E-state index contributed by atoms with van der Waals surface area (Å²) in [4.78, 5) is 24.3. The quantitative estimate of drug-likeness (QED) is 0.772. The molecule has 5 nitrogen and oxygen atoms in total. The van der Waals surface area contributed by atoms with E-state index in [0.717, 1.165) is 38.4 Å². The summed E-state index contributed by atoms with van der Waals surface area (Å²) < 4.78 is 28.3. The van der Waals surface area contributed by atoms with Gasteiger partial charge in [0.1, 0.15) is 0 Å². The number of ketones is 1. The number of hydrogen-bond acceptors (Lipinski definition) is 5. The van der Waals surface area contributed by atoms with Gasteiger partial charge in [-0.15, -0.1) is 0 Å². The predicted molar refractivity (Wildman–Crippen MR) is 85.6 cm³/mol. The zero-order valence-corrected chi connectivity index (χ0v) is 14.3. The Morgan fingerprint density at radius 1 is 1.09 bits per heavy atom. The van der Waals surface area contributed by atoms with Crippen LogP contribution in [0, 0.1) is 5.92 Å². The van der Waals surface area contributed by atoms with Crippen LogP contribution in [-0.4, -0.2) is 26.4 Å². The van der Waals surface area contributed by atoms with Crippen molar-refractivity contribution in [3.63, 3.8) is 0 Å². The molecule has 126 valence electrons. The van der Waals surface area contributed by atoms with E-state index in [1.54, 1.807) is 12.1 Å². The summed E-state index contributed by atoms with van der Waals surface area (Å²) in [6.45, 7) is 1.27. The molecule has 0 amide bonds. The van der Waals surface area contributed by atoms with Gasteiger partial charge in [-0.25, -0.2) is 8.42 Å². The minimum absolute atomic E-state index is 0.0907. The van der Waals surface area contributed by atoms with E-state index in [2.05, 4.69) is 0 Å². The number of hydrogen-bond donors (Lipinski definition) is 0. The number of carbonyl (C=O) groups is 2. The summed E-state index contributed by atoms with van der Waals surface area (Å²) in [5.41, 5.74) is 0.517. The molecule has 1 atom stereocenters. The number of sulfone groups is 1. The third kappa shape index (κ3) is 4.64. The van der Waals surface area contributed by atoms with Crippen molar-refractivity contribution in [3.05, 3.63) is 29.8 Å². The van der Waals surface area contributed by atoms with Crippen molar-refractivity contribution in [2.75, 3.05) is 6.26 Å². The van der Waals surface area contributed by atoms with Gasteiger partial charge in [0.15, 0.2) is 21.7 Å². The maximum Gasteiger partial charge on any atom is 0.303 e. The fraction of sp³-hybridized carbons (Fsp3) is 0.529. The molecule has 1 aliphatic rings. The van der Waals surface area contributed by atoms with E-state index in [-0.39, 0.29) is 16.6 Å². The summed E-state index contributed by atoms with van der Waals surface area (Å²) >= 11 is 0. The molecule has 1 aromatic rings. The molecule has 6 heteroatoms. The fourth-order valence-electron chi connectivity index (χ4n) is 2.95. The van der Waals surface area contributed by atoms with Crippen LogP contribution in [0.25, 0.3) is 0 Å². The lowest BCUT2D eigenvalue weighted by atomic mass is 9.83. The molecule has 2 rings (SSSR count). The van der Waals surface area contributed by atoms with Gasteiger partial charge >= 0.3 is 5.97 Å². The van der Waals surface area contributed by atoms with E-state index >= 15 is 0 Å². The van der Waals surface area contributed by atoms with Gasteiger partial charge < -0.3 is 4.74 Å². The summed E-state index contributed by atoms with van der Waals surface area (Å²) in [6.07, 6.45) is 4.95. The minimum Gasteiger partial charge on any atom is -0.450 e. The Kier molecular flexibility index (Phi) is 5.57. The second kappa shape index (κ2) is 7.25. The fourth-order valence-corrected chi connectivity index (χ4v) is 3.58. The molecule has 1 aliphatic carbocycles. The van der Waals surface area contributed by atoms with Crippen LogP contribution in [0.1, 0.15) is 50.7 Å². The number of carbonyl (C=O) groups excluding carboxylic acids is 2. The Morgan fingerprint density at radius 3 is 2.13 bits per heavy atom. The number of benzene rings is 1. The highest BCUT2D eigenvalue weighted by Crippen LogP contribution is 2.31. The van der Waals surface area contributed by atoms with E-state index in [1.165, 1.54) is 19.1 Å². The molecule has 0 bridgehead atoms. The Morgan fingerprint density at radius 2 is 1.65 bits per heavy atom. The van der Waals surface area contributed by atoms with Crippen LogP contribution in [0.2, 0.25) is 0 Å². The predicted octanol–water partition coefficient (Wildman–Crippen LogP) is 2.84. The minimum atomic E-state index is -3.30. The molecule has 0 spiro atoms.